The Kier molecular flexibility index (Phi) is 4.62. The van der Waals surface area contributed by atoms with Crippen molar-refractivity contribution in [2.45, 2.75) is 6.42 Å². The van der Waals surface area contributed by atoms with Gasteiger partial charge in [-0.1, -0.05) is 30.3 Å². The van der Waals surface area contributed by atoms with Gasteiger partial charge in [-0.2, -0.15) is 0 Å². The highest BCUT2D eigenvalue weighted by Crippen LogP contribution is 2.28. The molecular weight excluding hydrogens is 404 g/mol. The van der Waals surface area contributed by atoms with E-state index in [0.29, 0.717) is 0 Å². The first-order valence-electron chi connectivity index (χ1n) is 11.0. The second kappa shape index (κ2) is 7.92. The van der Waals surface area contributed by atoms with E-state index < -0.39 is 0 Å². The van der Waals surface area contributed by atoms with Gasteiger partial charge in [0.1, 0.15) is 0 Å². The molecule has 2 aliphatic heterocycles. The Morgan fingerprint density at radius 1 is 0.636 bits per heavy atom. The molecule has 0 radical (unpaired) electrons. The summed E-state index contributed by atoms with van der Waals surface area (Å²) in [4.78, 5) is 16.5. The molecule has 0 spiro atoms. The summed E-state index contributed by atoms with van der Waals surface area (Å²) in [5.74, 6) is 0. The molecule has 6 rings (SSSR count). The zero-order valence-corrected chi connectivity index (χ0v) is 18.0. The zero-order valence-electron chi connectivity index (χ0n) is 18.0. The maximum Gasteiger partial charge on any atom is 0.0658 e. The Hall–Kier alpha value is -4.44. The number of fused-ring (bicyclic) bond motifs is 8. The van der Waals surface area contributed by atoms with Gasteiger partial charge in [0.15, 0.2) is 0 Å². The van der Waals surface area contributed by atoms with Crippen LogP contribution >= 0.6 is 0 Å². The van der Waals surface area contributed by atoms with Gasteiger partial charge in [0.05, 0.1) is 22.8 Å². The minimum absolute atomic E-state index is 0.867. The fraction of sp³-hybridized carbons (Fsp3) is 0.0345. The summed E-state index contributed by atoms with van der Waals surface area (Å²) in [5, 5.41) is 0. The van der Waals surface area contributed by atoms with Crippen LogP contribution in [0.4, 0.5) is 0 Å². The normalized spacial score (nSPS) is 12.2. The molecule has 158 valence electrons. The number of nitrogens with zero attached hydrogens (tertiary/aromatic N) is 2. The van der Waals surface area contributed by atoms with Crippen LogP contribution in [0.5, 0.6) is 0 Å². The van der Waals surface area contributed by atoms with Crippen LogP contribution in [0.25, 0.3) is 57.5 Å². The van der Waals surface area contributed by atoms with Crippen molar-refractivity contribution < 1.29 is 0 Å². The van der Waals surface area contributed by atoms with Gasteiger partial charge in [-0.3, -0.25) is 0 Å². The van der Waals surface area contributed by atoms with Gasteiger partial charge in [-0.25, -0.2) is 9.97 Å². The van der Waals surface area contributed by atoms with E-state index >= 15 is 0 Å². The van der Waals surface area contributed by atoms with Crippen molar-refractivity contribution >= 4 is 46.4 Å². The summed E-state index contributed by atoms with van der Waals surface area (Å²) in [6.45, 7) is 3.84. The third kappa shape index (κ3) is 3.94. The third-order valence-electron chi connectivity index (χ3n) is 5.81. The molecule has 3 aromatic heterocycles. The first-order chi connectivity index (χ1) is 16.2. The SMILES string of the molecule is C=CCc1ccc(-c2cc3cc4nc(cc5ccc(cc6nc(cc2[nH]3)C=C6)[nH]5)C=C4)cc1. The van der Waals surface area contributed by atoms with Gasteiger partial charge in [0.2, 0.25) is 0 Å². The van der Waals surface area contributed by atoms with Crippen LogP contribution in [0.15, 0.2) is 79.4 Å². The molecule has 8 bridgehead atoms. The molecule has 0 unspecified atom stereocenters. The number of aromatic amines is 2. The van der Waals surface area contributed by atoms with Crippen LogP contribution in [0.1, 0.15) is 28.3 Å². The molecule has 0 saturated carbocycles. The lowest BCUT2D eigenvalue weighted by Gasteiger charge is -2.01. The Labute approximate surface area is 191 Å². The Morgan fingerprint density at radius 3 is 1.82 bits per heavy atom. The van der Waals surface area contributed by atoms with Crippen molar-refractivity contribution in [3.05, 3.63) is 108 Å². The van der Waals surface area contributed by atoms with Gasteiger partial charge < -0.3 is 9.97 Å². The van der Waals surface area contributed by atoms with E-state index in [-0.39, 0.29) is 0 Å². The van der Waals surface area contributed by atoms with Gasteiger partial charge in [-0.15, -0.1) is 6.58 Å². The van der Waals surface area contributed by atoms with E-state index in [1.165, 1.54) is 5.56 Å². The second-order valence-electron chi connectivity index (χ2n) is 8.28. The Morgan fingerprint density at radius 2 is 1.21 bits per heavy atom. The van der Waals surface area contributed by atoms with Crippen molar-refractivity contribution in [3.63, 3.8) is 0 Å². The van der Waals surface area contributed by atoms with Crippen molar-refractivity contribution in [2.75, 3.05) is 0 Å². The molecule has 4 nitrogen and oxygen atoms in total. The van der Waals surface area contributed by atoms with E-state index in [1.54, 1.807) is 0 Å². The molecule has 1 aromatic carbocycles. The summed E-state index contributed by atoms with van der Waals surface area (Å²) in [7, 11) is 0. The summed E-state index contributed by atoms with van der Waals surface area (Å²) in [5.41, 5.74) is 11.3. The molecule has 0 saturated heterocycles. The fourth-order valence-electron chi connectivity index (χ4n) is 4.24. The van der Waals surface area contributed by atoms with Gasteiger partial charge in [0.25, 0.3) is 0 Å². The van der Waals surface area contributed by atoms with E-state index in [2.05, 4.69) is 83.3 Å². The molecular formula is C29H22N4. The Bertz CT molecular complexity index is 1590. The smallest absolute Gasteiger partial charge is 0.0658 e. The molecule has 2 N–H and O–H groups in total. The minimum Gasteiger partial charge on any atom is -0.355 e. The van der Waals surface area contributed by atoms with Crippen LogP contribution in [0.2, 0.25) is 0 Å². The predicted octanol–water partition coefficient (Wildman–Crippen LogP) is 7.05. The summed E-state index contributed by atoms with van der Waals surface area (Å²) in [6, 6.07) is 23.2. The largest absolute Gasteiger partial charge is 0.355 e. The maximum absolute atomic E-state index is 4.80. The minimum atomic E-state index is 0.867. The summed E-state index contributed by atoms with van der Waals surface area (Å²) in [6.07, 6.45) is 11.0. The van der Waals surface area contributed by atoms with Crippen molar-refractivity contribution in [2.24, 2.45) is 0 Å². The zero-order chi connectivity index (χ0) is 22.2. The number of aromatic nitrogens is 4. The average molecular weight is 427 g/mol. The highest BCUT2D eigenvalue weighted by Gasteiger charge is 2.07. The molecule has 0 atom stereocenters. The predicted molar refractivity (Wildman–Crippen MR) is 138 cm³/mol. The first kappa shape index (κ1) is 19.3. The third-order valence-corrected chi connectivity index (χ3v) is 5.81. The number of allylic oxidation sites excluding steroid dienone is 1. The van der Waals surface area contributed by atoms with Crippen LogP contribution in [0.3, 0.4) is 0 Å². The Balaban J connectivity index is 1.61. The van der Waals surface area contributed by atoms with Crippen molar-refractivity contribution in [1.29, 1.82) is 0 Å². The van der Waals surface area contributed by atoms with Crippen LogP contribution < -0.4 is 0 Å². The monoisotopic (exact) mass is 426 g/mol. The highest BCUT2D eigenvalue weighted by atomic mass is 14.8. The number of H-pyrrole nitrogens is 2. The molecule has 4 aromatic rings. The molecule has 33 heavy (non-hydrogen) atoms. The van der Waals surface area contributed by atoms with E-state index in [4.69, 9.17) is 9.97 Å². The van der Waals surface area contributed by atoms with Crippen molar-refractivity contribution in [1.82, 2.24) is 19.9 Å². The average Bonchev–Trinajstić information content (AvgIpc) is 3.60. The first-order valence-corrected chi connectivity index (χ1v) is 11.0. The van der Waals surface area contributed by atoms with Crippen LogP contribution in [-0.2, 0) is 6.42 Å². The number of benzene rings is 1. The lowest BCUT2D eigenvalue weighted by Crippen LogP contribution is -1.81. The van der Waals surface area contributed by atoms with Crippen LogP contribution in [0, 0.1) is 0 Å². The second-order valence-corrected chi connectivity index (χ2v) is 8.28. The molecule has 2 aliphatic rings. The molecule has 4 heteroatoms. The molecule has 0 aliphatic carbocycles. The molecule has 5 heterocycles. The standard InChI is InChI=1S/C29H22N4/c1-2-3-19-4-6-20(7-5-19)28-17-27-16-25-11-10-23(31-25)14-21-8-9-22(30-21)15-24-12-13-26(32-24)18-29(28)33-27/h2,4-18,30,33H,1,3H2. The molecule has 0 fully saturated rings. The molecule has 0 amide bonds. The topological polar surface area (TPSA) is 57.4 Å². The van der Waals surface area contributed by atoms with E-state index in [0.717, 1.165) is 62.4 Å². The summed E-state index contributed by atoms with van der Waals surface area (Å²) < 4.78 is 0. The van der Waals surface area contributed by atoms with Gasteiger partial charge in [-0.05, 0) is 84.3 Å². The number of hydrogen-bond acceptors (Lipinski definition) is 2. The number of hydrogen-bond donors (Lipinski definition) is 2. The fourth-order valence-corrected chi connectivity index (χ4v) is 4.24. The quantitative estimate of drug-likeness (QED) is 0.298. The maximum atomic E-state index is 4.80. The van der Waals surface area contributed by atoms with Crippen molar-refractivity contribution in [3.8, 4) is 11.1 Å². The van der Waals surface area contributed by atoms with Crippen LogP contribution in [-0.4, -0.2) is 19.9 Å². The lowest BCUT2D eigenvalue weighted by molar-refractivity contribution is 1.28. The summed E-state index contributed by atoms with van der Waals surface area (Å²) >= 11 is 0. The van der Waals surface area contributed by atoms with E-state index in [1.807, 2.05) is 30.4 Å². The highest BCUT2D eigenvalue weighted by molar-refractivity contribution is 5.87. The van der Waals surface area contributed by atoms with Gasteiger partial charge >= 0.3 is 0 Å². The number of rotatable bonds is 3. The van der Waals surface area contributed by atoms with E-state index in [9.17, 15) is 0 Å². The number of nitrogens with one attached hydrogen (secondary N) is 2. The van der Waals surface area contributed by atoms with Gasteiger partial charge in [0, 0.05) is 27.6 Å². The lowest BCUT2D eigenvalue weighted by atomic mass is 10.0.